The fraction of sp³-hybridized carbons (Fsp3) is 0.167. The summed E-state index contributed by atoms with van der Waals surface area (Å²) < 4.78 is 1.92. The first-order chi connectivity index (χ1) is 10.1. The Balaban J connectivity index is 1.97. The molecule has 1 aromatic heterocycles. The number of Topliss-reactive ketones (excluding diaryl/α,β-unsaturated/α-hetero) is 1. The number of benzene rings is 2. The number of aryl methyl sites for hydroxylation is 2. The second kappa shape index (κ2) is 5.38. The normalized spacial score (nSPS) is 11.0. The highest BCUT2D eigenvalue weighted by molar-refractivity contribution is 6.35. The van der Waals surface area contributed by atoms with Crippen LogP contribution in [0.1, 0.15) is 21.5 Å². The summed E-state index contributed by atoms with van der Waals surface area (Å²) in [7, 11) is 0. The van der Waals surface area contributed by atoms with E-state index in [-0.39, 0.29) is 5.78 Å². The van der Waals surface area contributed by atoms with E-state index in [0.717, 1.165) is 22.0 Å². The molecule has 0 amide bonds. The van der Waals surface area contributed by atoms with Gasteiger partial charge in [0.05, 0.1) is 17.1 Å². The van der Waals surface area contributed by atoms with Gasteiger partial charge in [0.2, 0.25) is 0 Å². The molecule has 106 valence electrons. The van der Waals surface area contributed by atoms with Crippen LogP contribution in [0.2, 0.25) is 5.02 Å². The van der Waals surface area contributed by atoms with E-state index in [1.807, 2.05) is 67.1 Å². The molecule has 0 saturated heterocycles. The molecule has 2 aromatic carbocycles. The van der Waals surface area contributed by atoms with Crippen molar-refractivity contribution in [1.82, 2.24) is 4.57 Å². The van der Waals surface area contributed by atoms with Gasteiger partial charge >= 0.3 is 0 Å². The molecule has 3 aromatic rings. The van der Waals surface area contributed by atoms with Gasteiger partial charge in [0, 0.05) is 17.1 Å². The molecule has 0 fully saturated rings. The second-order valence-electron chi connectivity index (χ2n) is 5.36. The number of para-hydroxylation sites is 1. The van der Waals surface area contributed by atoms with Crippen molar-refractivity contribution in [3.63, 3.8) is 0 Å². The fourth-order valence-electron chi connectivity index (χ4n) is 2.71. The molecule has 3 heteroatoms. The first-order valence-corrected chi connectivity index (χ1v) is 7.28. The quantitative estimate of drug-likeness (QED) is 0.637. The number of hydrogen-bond donors (Lipinski definition) is 0. The molecule has 3 rings (SSSR count). The number of rotatable bonds is 3. The molecule has 21 heavy (non-hydrogen) atoms. The van der Waals surface area contributed by atoms with Crippen molar-refractivity contribution in [3.05, 3.63) is 70.4 Å². The Morgan fingerprint density at radius 3 is 2.71 bits per heavy atom. The molecule has 0 aliphatic carbocycles. The van der Waals surface area contributed by atoms with Gasteiger partial charge in [-0.1, -0.05) is 47.5 Å². The van der Waals surface area contributed by atoms with Crippen LogP contribution in [0.4, 0.5) is 0 Å². The SMILES string of the molecule is Cc1ccc(C(=O)Cn2ccc3cccc(Cl)c32)c(C)c1. The Labute approximate surface area is 129 Å². The van der Waals surface area contributed by atoms with Crippen molar-refractivity contribution in [2.24, 2.45) is 0 Å². The lowest BCUT2D eigenvalue weighted by Gasteiger charge is -2.09. The van der Waals surface area contributed by atoms with Crippen molar-refractivity contribution in [2.75, 3.05) is 0 Å². The summed E-state index contributed by atoms with van der Waals surface area (Å²) in [6, 6.07) is 13.7. The molecular weight excluding hydrogens is 282 g/mol. The second-order valence-corrected chi connectivity index (χ2v) is 5.77. The zero-order valence-electron chi connectivity index (χ0n) is 12.1. The predicted octanol–water partition coefficient (Wildman–Crippen LogP) is 4.79. The third kappa shape index (κ3) is 2.59. The largest absolute Gasteiger partial charge is 0.338 e. The third-order valence-corrected chi connectivity index (χ3v) is 4.04. The van der Waals surface area contributed by atoms with E-state index in [9.17, 15) is 4.79 Å². The standard InChI is InChI=1S/C18H16ClNO/c1-12-6-7-15(13(2)10-12)17(21)11-20-9-8-14-4-3-5-16(19)18(14)20/h3-10H,11H2,1-2H3. The number of ketones is 1. The molecule has 0 aliphatic heterocycles. The van der Waals surface area contributed by atoms with Crippen LogP contribution in [-0.4, -0.2) is 10.4 Å². The van der Waals surface area contributed by atoms with Gasteiger partial charge in [-0.15, -0.1) is 0 Å². The molecule has 0 aliphatic rings. The molecule has 0 saturated carbocycles. The number of nitrogens with zero attached hydrogens (tertiary/aromatic N) is 1. The van der Waals surface area contributed by atoms with Crippen molar-refractivity contribution < 1.29 is 4.79 Å². The van der Waals surface area contributed by atoms with Crippen LogP contribution < -0.4 is 0 Å². The summed E-state index contributed by atoms with van der Waals surface area (Å²) in [4.78, 5) is 12.5. The lowest BCUT2D eigenvalue weighted by atomic mass is 10.0. The highest BCUT2D eigenvalue weighted by Gasteiger charge is 2.12. The molecule has 0 unspecified atom stereocenters. The monoisotopic (exact) mass is 297 g/mol. The summed E-state index contributed by atoms with van der Waals surface area (Å²) in [6.07, 6.45) is 1.91. The van der Waals surface area contributed by atoms with Crippen LogP contribution in [0.25, 0.3) is 10.9 Å². The van der Waals surface area contributed by atoms with E-state index in [1.165, 1.54) is 5.56 Å². The number of carbonyl (C=O) groups excluding carboxylic acids is 1. The van der Waals surface area contributed by atoms with E-state index in [2.05, 4.69) is 0 Å². The van der Waals surface area contributed by atoms with Crippen LogP contribution in [-0.2, 0) is 6.54 Å². The van der Waals surface area contributed by atoms with E-state index in [4.69, 9.17) is 11.6 Å². The Morgan fingerprint density at radius 1 is 1.14 bits per heavy atom. The Bertz CT molecular complexity index is 832. The average Bonchev–Trinajstić information content (AvgIpc) is 2.83. The Morgan fingerprint density at radius 2 is 1.95 bits per heavy atom. The Hall–Kier alpha value is -2.06. The molecule has 0 radical (unpaired) electrons. The van der Waals surface area contributed by atoms with E-state index >= 15 is 0 Å². The smallest absolute Gasteiger partial charge is 0.182 e. The number of halogens is 1. The van der Waals surface area contributed by atoms with Gasteiger partial charge in [-0.25, -0.2) is 0 Å². The van der Waals surface area contributed by atoms with Crippen LogP contribution in [0, 0.1) is 13.8 Å². The number of aromatic nitrogens is 1. The minimum absolute atomic E-state index is 0.102. The zero-order valence-corrected chi connectivity index (χ0v) is 12.8. The fourth-order valence-corrected chi connectivity index (χ4v) is 3.00. The van der Waals surface area contributed by atoms with Gasteiger partial charge < -0.3 is 4.57 Å². The summed E-state index contributed by atoms with van der Waals surface area (Å²) in [5, 5.41) is 1.72. The van der Waals surface area contributed by atoms with Crippen LogP contribution in [0.5, 0.6) is 0 Å². The summed E-state index contributed by atoms with van der Waals surface area (Å²) in [6.45, 7) is 4.30. The van der Waals surface area contributed by atoms with Gasteiger partial charge in [-0.2, -0.15) is 0 Å². The topological polar surface area (TPSA) is 22.0 Å². The Kier molecular flexibility index (Phi) is 3.56. The maximum Gasteiger partial charge on any atom is 0.182 e. The summed E-state index contributed by atoms with van der Waals surface area (Å²) in [5.41, 5.74) is 3.87. The third-order valence-electron chi connectivity index (χ3n) is 3.74. The highest BCUT2D eigenvalue weighted by atomic mass is 35.5. The van der Waals surface area contributed by atoms with E-state index in [1.54, 1.807) is 0 Å². The molecule has 0 atom stereocenters. The van der Waals surface area contributed by atoms with E-state index in [0.29, 0.717) is 11.6 Å². The van der Waals surface area contributed by atoms with Gasteiger partial charge in [0.25, 0.3) is 0 Å². The average molecular weight is 298 g/mol. The van der Waals surface area contributed by atoms with Crippen molar-refractivity contribution in [2.45, 2.75) is 20.4 Å². The van der Waals surface area contributed by atoms with Crippen LogP contribution in [0.3, 0.4) is 0 Å². The molecule has 0 spiro atoms. The summed E-state index contributed by atoms with van der Waals surface area (Å²) in [5.74, 6) is 0.102. The maximum absolute atomic E-state index is 12.5. The number of hydrogen-bond acceptors (Lipinski definition) is 1. The number of carbonyl (C=O) groups is 1. The molecular formula is C18H16ClNO. The molecule has 1 heterocycles. The summed E-state index contributed by atoms with van der Waals surface area (Å²) >= 11 is 6.25. The number of fused-ring (bicyclic) bond motifs is 1. The van der Waals surface area contributed by atoms with Gasteiger partial charge in [0.15, 0.2) is 5.78 Å². The minimum Gasteiger partial charge on any atom is -0.338 e. The van der Waals surface area contributed by atoms with Gasteiger partial charge in [-0.3, -0.25) is 4.79 Å². The van der Waals surface area contributed by atoms with Crippen molar-refractivity contribution in [3.8, 4) is 0 Å². The first-order valence-electron chi connectivity index (χ1n) is 6.90. The highest BCUT2D eigenvalue weighted by Crippen LogP contribution is 2.25. The van der Waals surface area contributed by atoms with Crippen molar-refractivity contribution >= 4 is 28.3 Å². The molecule has 2 nitrogen and oxygen atoms in total. The van der Waals surface area contributed by atoms with Crippen molar-refractivity contribution in [1.29, 1.82) is 0 Å². The van der Waals surface area contributed by atoms with E-state index < -0.39 is 0 Å². The van der Waals surface area contributed by atoms with Gasteiger partial charge in [-0.05, 0) is 31.5 Å². The van der Waals surface area contributed by atoms with Crippen LogP contribution >= 0.6 is 11.6 Å². The molecule has 0 N–H and O–H groups in total. The maximum atomic E-state index is 12.5. The van der Waals surface area contributed by atoms with Crippen LogP contribution in [0.15, 0.2) is 48.7 Å². The lowest BCUT2D eigenvalue weighted by molar-refractivity contribution is 0.0973. The zero-order chi connectivity index (χ0) is 15.0. The first kappa shape index (κ1) is 13.9. The van der Waals surface area contributed by atoms with Gasteiger partial charge in [0.1, 0.15) is 0 Å². The minimum atomic E-state index is 0.102. The predicted molar refractivity (Wildman–Crippen MR) is 87.2 cm³/mol. The lowest BCUT2D eigenvalue weighted by Crippen LogP contribution is -2.11. The molecule has 0 bridgehead atoms.